The number of nitrogens with two attached hydrogens (primary N) is 1. The summed E-state index contributed by atoms with van der Waals surface area (Å²) < 4.78 is 62.7. The molecule has 8 heteroatoms. The lowest BCUT2D eigenvalue weighted by Gasteiger charge is -2.13. The van der Waals surface area contributed by atoms with Gasteiger partial charge in [0, 0.05) is 0 Å². The van der Waals surface area contributed by atoms with Crippen molar-refractivity contribution in [3.05, 3.63) is 35.1 Å². The second-order valence-corrected chi connectivity index (χ2v) is 2.36. The van der Waals surface area contributed by atoms with Crippen molar-refractivity contribution < 1.29 is 26.8 Å². The lowest BCUT2D eigenvalue weighted by atomic mass is 10.2. The zero-order valence-electron chi connectivity index (χ0n) is 6.94. The van der Waals surface area contributed by atoms with Crippen molar-refractivity contribution in [2.45, 2.75) is 6.11 Å². The average Bonchev–Trinajstić information content (AvgIpc) is 2.14. The van der Waals surface area contributed by atoms with Gasteiger partial charge in [-0.1, -0.05) is 0 Å². The predicted molar refractivity (Wildman–Crippen MR) is 42.7 cm³/mol. The van der Waals surface area contributed by atoms with Crippen molar-refractivity contribution >= 4 is 12.4 Å². The first-order chi connectivity index (χ1) is 6.40. The van der Waals surface area contributed by atoms with Gasteiger partial charge >= 0.3 is 6.11 Å². The Morgan fingerprint density at radius 3 is 2.07 bits per heavy atom. The summed E-state index contributed by atoms with van der Waals surface area (Å²) in [5, 5.41) is 0. The van der Waals surface area contributed by atoms with Crippen LogP contribution >= 0.6 is 12.4 Å². The quantitative estimate of drug-likeness (QED) is 0.496. The van der Waals surface area contributed by atoms with Crippen molar-refractivity contribution in [2.24, 2.45) is 5.90 Å². The first-order valence-electron chi connectivity index (χ1n) is 3.30. The van der Waals surface area contributed by atoms with Crippen molar-refractivity contribution in [2.75, 3.05) is 0 Å². The Morgan fingerprint density at radius 2 is 1.60 bits per heavy atom. The normalized spacial score (nSPS) is 11.1. The van der Waals surface area contributed by atoms with Crippen LogP contribution in [0.5, 0.6) is 0 Å². The smallest absolute Gasteiger partial charge is 0.231 e. The Balaban J connectivity index is 0.00000196. The van der Waals surface area contributed by atoms with Crippen LogP contribution in [0.2, 0.25) is 0 Å². The fraction of sp³-hybridized carbons (Fsp3) is 0.143. The van der Waals surface area contributed by atoms with Gasteiger partial charge < -0.3 is 0 Å². The molecule has 0 radical (unpaired) electrons. The maximum absolute atomic E-state index is 12.7. The van der Waals surface area contributed by atoms with Crippen LogP contribution in [0.3, 0.4) is 0 Å². The highest BCUT2D eigenvalue weighted by Crippen LogP contribution is 2.31. The van der Waals surface area contributed by atoms with E-state index in [4.69, 9.17) is 0 Å². The monoisotopic (exact) mass is 249 g/mol. The van der Waals surface area contributed by atoms with Crippen LogP contribution in [-0.2, 0) is 10.9 Å². The highest BCUT2D eigenvalue weighted by molar-refractivity contribution is 5.85. The fourth-order valence-corrected chi connectivity index (χ4v) is 0.814. The van der Waals surface area contributed by atoms with Gasteiger partial charge in [0.2, 0.25) is 0 Å². The van der Waals surface area contributed by atoms with Crippen LogP contribution in [0.15, 0.2) is 12.1 Å². The van der Waals surface area contributed by atoms with E-state index in [1.807, 2.05) is 0 Å². The number of rotatable bonds is 2. The molecule has 0 fully saturated rings. The Bertz CT molecular complexity index is 359. The molecule has 0 saturated carbocycles. The summed E-state index contributed by atoms with van der Waals surface area (Å²) in [7, 11) is 0. The summed E-state index contributed by atoms with van der Waals surface area (Å²) in [4.78, 5) is 3.14. The van der Waals surface area contributed by atoms with Crippen LogP contribution < -0.4 is 5.90 Å². The summed E-state index contributed by atoms with van der Waals surface area (Å²) in [5.74, 6) is -1.44. The molecule has 0 amide bonds. The number of hydrogen-bond acceptors (Lipinski definition) is 2. The molecule has 0 aliphatic rings. The Labute approximate surface area is 87.2 Å². The van der Waals surface area contributed by atoms with Crippen LogP contribution in [0.4, 0.5) is 22.0 Å². The molecule has 0 unspecified atom stereocenters. The molecule has 0 aliphatic heterocycles. The molecule has 86 valence electrons. The van der Waals surface area contributed by atoms with Crippen LogP contribution in [-0.4, -0.2) is 0 Å². The molecule has 1 rings (SSSR count). The molecule has 0 aromatic heterocycles. The van der Waals surface area contributed by atoms with Crippen molar-refractivity contribution in [3.63, 3.8) is 0 Å². The number of alkyl halides is 2. The van der Waals surface area contributed by atoms with E-state index >= 15 is 0 Å². The molecular formula is C7H5ClF5NO. The molecule has 0 heterocycles. The zero-order valence-corrected chi connectivity index (χ0v) is 7.75. The van der Waals surface area contributed by atoms with E-state index in [1.54, 1.807) is 0 Å². The molecule has 0 bridgehead atoms. The summed E-state index contributed by atoms with van der Waals surface area (Å²) in [6, 6.07) is 0.696. The number of hydrogen-bond donors (Lipinski definition) is 1. The van der Waals surface area contributed by atoms with Gasteiger partial charge in [0.05, 0.1) is 5.56 Å². The average molecular weight is 250 g/mol. The number of benzene rings is 1. The van der Waals surface area contributed by atoms with E-state index in [1.165, 1.54) is 0 Å². The van der Waals surface area contributed by atoms with Gasteiger partial charge in [-0.25, -0.2) is 23.9 Å². The van der Waals surface area contributed by atoms with E-state index in [-0.39, 0.29) is 12.4 Å². The highest BCUT2D eigenvalue weighted by atomic mass is 35.5. The van der Waals surface area contributed by atoms with Gasteiger partial charge in [-0.05, 0) is 12.1 Å². The van der Waals surface area contributed by atoms with Gasteiger partial charge in [0.1, 0.15) is 0 Å². The lowest BCUT2D eigenvalue weighted by Crippen LogP contribution is -2.24. The topological polar surface area (TPSA) is 35.2 Å². The third-order valence-electron chi connectivity index (χ3n) is 1.50. The van der Waals surface area contributed by atoms with E-state index in [9.17, 15) is 22.0 Å². The first-order valence-corrected chi connectivity index (χ1v) is 3.30. The summed E-state index contributed by atoms with van der Waals surface area (Å²) >= 11 is 0. The van der Waals surface area contributed by atoms with Crippen LogP contribution in [0.25, 0.3) is 0 Å². The largest absolute Gasteiger partial charge is 0.401 e. The first kappa shape index (κ1) is 14.1. The highest BCUT2D eigenvalue weighted by Gasteiger charge is 2.37. The lowest BCUT2D eigenvalue weighted by molar-refractivity contribution is -0.254. The summed E-state index contributed by atoms with van der Waals surface area (Å²) in [6.45, 7) is 0. The molecule has 0 atom stereocenters. The van der Waals surface area contributed by atoms with Gasteiger partial charge in [-0.2, -0.15) is 8.78 Å². The van der Waals surface area contributed by atoms with E-state index in [2.05, 4.69) is 10.7 Å². The van der Waals surface area contributed by atoms with Crippen molar-refractivity contribution in [3.8, 4) is 0 Å². The molecule has 1 aromatic carbocycles. The van der Waals surface area contributed by atoms with Gasteiger partial charge in [-0.3, -0.25) is 0 Å². The van der Waals surface area contributed by atoms with Gasteiger partial charge in [-0.15, -0.1) is 12.4 Å². The molecule has 2 nitrogen and oxygen atoms in total. The van der Waals surface area contributed by atoms with E-state index in [0.717, 1.165) is 0 Å². The van der Waals surface area contributed by atoms with Crippen molar-refractivity contribution in [1.82, 2.24) is 0 Å². The molecule has 15 heavy (non-hydrogen) atoms. The van der Waals surface area contributed by atoms with Crippen molar-refractivity contribution in [1.29, 1.82) is 0 Å². The second-order valence-electron chi connectivity index (χ2n) is 2.36. The molecule has 0 spiro atoms. The standard InChI is InChI=1S/C7H4F5NO.ClH/c8-4-2-1-3(5(9)6(4)10)7(11,12)14-13;/h1-2H,13H2;1H. The molecule has 2 N–H and O–H groups in total. The molecule has 0 aliphatic carbocycles. The second kappa shape index (κ2) is 4.73. The maximum Gasteiger partial charge on any atom is 0.401 e. The van der Waals surface area contributed by atoms with Gasteiger partial charge in [0.15, 0.2) is 17.5 Å². The maximum atomic E-state index is 12.7. The van der Waals surface area contributed by atoms with Gasteiger partial charge in [0.25, 0.3) is 0 Å². The minimum atomic E-state index is -4.20. The minimum absolute atomic E-state index is 0. The Kier molecular flexibility index (Phi) is 4.44. The molecule has 1 aromatic rings. The SMILES string of the molecule is Cl.NOC(F)(F)c1ccc(F)c(F)c1F. The minimum Gasteiger partial charge on any atom is -0.231 e. The third-order valence-corrected chi connectivity index (χ3v) is 1.50. The van der Waals surface area contributed by atoms with E-state index in [0.29, 0.717) is 12.1 Å². The molecule has 0 saturated heterocycles. The fourth-order valence-electron chi connectivity index (χ4n) is 0.814. The van der Waals surface area contributed by atoms with Crippen LogP contribution in [0.1, 0.15) is 5.56 Å². The van der Waals surface area contributed by atoms with Crippen LogP contribution in [0, 0.1) is 17.5 Å². The Morgan fingerprint density at radius 1 is 1.07 bits per heavy atom. The zero-order chi connectivity index (χ0) is 10.9. The number of halogens is 6. The third kappa shape index (κ3) is 2.55. The Hall–Kier alpha value is -0.920. The molecular weight excluding hydrogens is 245 g/mol. The summed E-state index contributed by atoms with van der Waals surface area (Å²) in [6.07, 6.45) is -4.20. The summed E-state index contributed by atoms with van der Waals surface area (Å²) in [5.41, 5.74) is -1.46. The predicted octanol–water partition coefficient (Wildman–Crippen LogP) is 2.47. The van der Waals surface area contributed by atoms with E-state index < -0.39 is 29.1 Å².